The molecule has 2 aliphatic rings. The van der Waals surface area contributed by atoms with Gasteiger partial charge in [0.15, 0.2) is 0 Å². The summed E-state index contributed by atoms with van der Waals surface area (Å²) < 4.78 is 0. The fourth-order valence-corrected chi connectivity index (χ4v) is 2.51. The van der Waals surface area contributed by atoms with Gasteiger partial charge in [0.2, 0.25) is 0 Å². The molecule has 0 spiro atoms. The van der Waals surface area contributed by atoms with Crippen LogP contribution in [0.5, 0.6) is 0 Å². The molecule has 0 aromatic carbocycles. The second-order valence-electron chi connectivity index (χ2n) is 5.19. The SMILES string of the molecule is C[C@@H]1CNC[C@H]1CNCCC1CCC1. The predicted octanol–water partition coefficient (Wildman–Crippen LogP) is 1.62. The van der Waals surface area contributed by atoms with Crippen LogP contribution in [0.25, 0.3) is 0 Å². The summed E-state index contributed by atoms with van der Waals surface area (Å²) in [5.41, 5.74) is 0. The van der Waals surface area contributed by atoms with Crippen LogP contribution in [0.3, 0.4) is 0 Å². The minimum Gasteiger partial charge on any atom is -0.316 e. The van der Waals surface area contributed by atoms with Crippen LogP contribution in [-0.4, -0.2) is 26.2 Å². The topological polar surface area (TPSA) is 24.1 Å². The van der Waals surface area contributed by atoms with E-state index in [2.05, 4.69) is 17.6 Å². The summed E-state index contributed by atoms with van der Waals surface area (Å²) >= 11 is 0. The fraction of sp³-hybridized carbons (Fsp3) is 1.00. The van der Waals surface area contributed by atoms with Crippen LogP contribution >= 0.6 is 0 Å². The average molecular weight is 196 g/mol. The molecule has 1 saturated carbocycles. The van der Waals surface area contributed by atoms with E-state index in [4.69, 9.17) is 0 Å². The van der Waals surface area contributed by atoms with Crippen molar-refractivity contribution in [1.82, 2.24) is 10.6 Å². The number of nitrogens with one attached hydrogen (secondary N) is 2. The van der Waals surface area contributed by atoms with Crippen LogP contribution < -0.4 is 10.6 Å². The third-order valence-electron chi connectivity index (χ3n) is 4.04. The Morgan fingerprint density at radius 3 is 2.71 bits per heavy atom. The van der Waals surface area contributed by atoms with Crippen molar-refractivity contribution in [1.29, 1.82) is 0 Å². The molecule has 0 aromatic rings. The van der Waals surface area contributed by atoms with Gasteiger partial charge >= 0.3 is 0 Å². The molecule has 2 rings (SSSR count). The van der Waals surface area contributed by atoms with Gasteiger partial charge in [-0.15, -0.1) is 0 Å². The molecule has 82 valence electrons. The Morgan fingerprint density at radius 1 is 1.29 bits per heavy atom. The van der Waals surface area contributed by atoms with Crippen molar-refractivity contribution in [3.8, 4) is 0 Å². The van der Waals surface area contributed by atoms with Crippen LogP contribution in [-0.2, 0) is 0 Å². The third kappa shape index (κ3) is 2.71. The van der Waals surface area contributed by atoms with Crippen molar-refractivity contribution in [2.75, 3.05) is 26.2 Å². The summed E-state index contributed by atoms with van der Waals surface area (Å²) in [5.74, 6) is 2.80. The Hall–Kier alpha value is -0.0800. The van der Waals surface area contributed by atoms with Gasteiger partial charge in [0.25, 0.3) is 0 Å². The van der Waals surface area contributed by atoms with Gasteiger partial charge in [-0.1, -0.05) is 26.2 Å². The van der Waals surface area contributed by atoms with E-state index in [1.165, 1.54) is 51.9 Å². The molecule has 0 radical (unpaired) electrons. The first-order valence-electron chi connectivity index (χ1n) is 6.27. The Morgan fingerprint density at radius 2 is 2.14 bits per heavy atom. The van der Waals surface area contributed by atoms with Crippen molar-refractivity contribution in [3.63, 3.8) is 0 Å². The highest BCUT2D eigenvalue weighted by Crippen LogP contribution is 2.28. The van der Waals surface area contributed by atoms with E-state index >= 15 is 0 Å². The molecule has 2 nitrogen and oxygen atoms in total. The first kappa shape index (κ1) is 10.4. The van der Waals surface area contributed by atoms with Crippen LogP contribution in [0.2, 0.25) is 0 Å². The fourth-order valence-electron chi connectivity index (χ4n) is 2.51. The van der Waals surface area contributed by atoms with Crippen molar-refractivity contribution < 1.29 is 0 Å². The molecule has 1 heterocycles. The number of rotatable bonds is 5. The molecule has 1 aliphatic carbocycles. The summed E-state index contributed by atoms with van der Waals surface area (Å²) in [6.45, 7) is 7.26. The van der Waals surface area contributed by atoms with E-state index in [9.17, 15) is 0 Å². The molecule has 2 heteroatoms. The minimum atomic E-state index is 0.867. The zero-order valence-electron chi connectivity index (χ0n) is 9.39. The summed E-state index contributed by atoms with van der Waals surface area (Å²) in [6.07, 6.45) is 5.87. The lowest BCUT2D eigenvalue weighted by atomic mass is 9.83. The van der Waals surface area contributed by atoms with Crippen LogP contribution in [0.1, 0.15) is 32.6 Å². The third-order valence-corrected chi connectivity index (χ3v) is 4.04. The van der Waals surface area contributed by atoms with Crippen LogP contribution in [0, 0.1) is 17.8 Å². The van der Waals surface area contributed by atoms with Crippen molar-refractivity contribution >= 4 is 0 Å². The number of hydrogen-bond acceptors (Lipinski definition) is 2. The van der Waals surface area contributed by atoms with E-state index in [1.54, 1.807) is 0 Å². The summed E-state index contributed by atoms with van der Waals surface area (Å²) in [4.78, 5) is 0. The van der Waals surface area contributed by atoms with Crippen molar-refractivity contribution in [2.24, 2.45) is 17.8 Å². The first-order valence-corrected chi connectivity index (χ1v) is 6.27. The quantitative estimate of drug-likeness (QED) is 0.653. The van der Waals surface area contributed by atoms with Crippen molar-refractivity contribution in [3.05, 3.63) is 0 Å². The molecule has 0 bridgehead atoms. The molecular formula is C12H24N2. The molecule has 0 amide bonds. The molecule has 2 N–H and O–H groups in total. The molecule has 2 fully saturated rings. The van der Waals surface area contributed by atoms with Crippen molar-refractivity contribution in [2.45, 2.75) is 32.6 Å². The highest BCUT2D eigenvalue weighted by Gasteiger charge is 2.22. The second kappa shape index (κ2) is 5.13. The lowest BCUT2D eigenvalue weighted by Gasteiger charge is -2.25. The molecule has 2 atom stereocenters. The van der Waals surface area contributed by atoms with Crippen LogP contribution in [0.4, 0.5) is 0 Å². The Kier molecular flexibility index (Phi) is 3.82. The molecule has 0 aromatic heterocycles. The minimum absolute atomic E-state index is 0.867. The maximum Gasteiger partial charge on any atom is -0.000523 e. The predicted molar refractivity (Wildman–Crippen MR) is 60.4 cm³/mol. The lowest BCUT2D eigenvalue weighted by Crippen LogP contribution is -2.29. The first-order chi connectivity index (χ1) is 6.86. The molecule has 14 heavy (non-hydrogen) atoms. The van der Waals surface area contributed by atoms with E-state index in [0.29, 0.717) is 0 Å². The largest absolute Gasteiger partial charge is 0.316 e. The summed E-state index contributed by atoms with van der Waals surface area (Å²) in [5, 5.41) is 7.07. The standard InChI is InChI=1S/C12H24N2/c1-10-7-14-9-12(10)8-13-6-5-11-3-2-4-11/h10-14H,2-9H2,1H3/t10-,12-/m1/s1. The normalized spacial score (nSPS) is 33.2. The van der Waals surface area contributed by atoms with Gasteiger partial charge in [0.05, 0.1) is 0 Å². The monoisotopic (exact) mass is 196 g/mol. The van der Waals surface area contributed by atoms with E-state index < -0.39 is 0 Å². The average Bonchev–Trinajstić information content (AvgIpc) is 2.48. The molecule has 0 unspecified atom stereocenters. The lowest BCUT2D eigenvalue weighted by molar-refractivity contribution is 0.288. The zero-order chi connectivity index (χ0) is 9.80. The highest BCUT2D eigenvalue weighted by molar-refractivity contribution is 4.79. The number of hydrogen-bond donors (Lipinski definition) is 2. The van der Waals surface area contributed by atoms with E-state index in [-0.39, 0.29) is 0 Å². The second-order valence-corrected chi connectivity index (χ2v) is 5.19. The van der Waals surface area contributed by atoms with Gasteiger partial charge in [-0.05, 0) is 50.4 Å². The van der Waals surface area contributed by atoms with Gasteiger partial charge < -0.3 is 10.6 Å². The van der Waals surface area contributed by atoms with E-state index in [1.807, 2.05) is 0 Å². The summed E-state index contributed by atoms with van der Waals surface area (Å²) in [6, 6.07) is 0. The smallest absolute Gasteiger partial charge is 0.000523 e. The van der Waals surface area contributed by atoms with Gasteiger partial charge in [-0.25, -0.2) is 0 Å². The Bertz CT molecular complexity index is 166. The Labute approximate surface area is 87.8 Å². The van der Waals surface area contributed by atoms with Crippen LogP contribution in [0.15, 0.2) is 0 Å². The molecule has 1 aliphatic heterocycles. The van der Waals surface area contributed by atoms with Gasteiger partial charge in [-0.2, -0.15) is 0 Å². The van der Waals surface area contributed by atoms with E-state index in [0.717, 1.165) is 17.8 Å². The molecule has 1 saturated heterocycles. The maximum atomic E-state index is 3.62. The highest BCUT2D eigenvalue weighted by atomic mass is 14.9. The maximum absolute atomic E-state index is 3.62. The van der Waals surface area contributed by atoms with Gasteiger partial charge in [0.1, 0.15) is 0 Å². The zero-order valence-corrected chi connectivity index (χ0v) is 9.39. The van der Waals surface area contributed by atoms with Gasteiger partial charge in [0, 0.05) is 0 Å². The Balaban J connectivity index is 1.49. The molecular weight excluding hydrogens is 172 g/mol. The van der Waals surface area contributed by atoms with Gasteiger partial charge in [-0.3, -0.25) is 0 Å². The summed E-state index contributed by atoms with van der Waals surface area (Å²) in [7, 11) is 0.